The SMILES string of the molecule is Cc1cccc(-c2nc(CC(=O)OCC(=O)Nc3ccc(Cl)cc3)cs2)c1. The Labute approximate surface area is 166 Å². The second-order valence-electron chi connectivity index (χ2n) is 5.91. The van der Waals surface area contributed by atoms with Crippen LogP contribution in [0.2, 0.25) is 5.02 Å². The Morgan fingerprint density at radius 2 is 1.96 bits per heavy atom. The van der Waals surface area contributed by atoms with Gasteiger partial charge < -0.3 is 10.1 Å². The molecule has 3 rings (SSSR count). The minimum Gasteiger partial charge on any atom is -0.455 e. The molecule has 0 atom stereocenters. The maximum atomic E-state index is 12.0. The monoisotopic (exact) mass is 400 g/mol. The molecule has 0 aliphatic carbocycles. The van der Waals surface area contributed by atoms with E-state index in [-0.39, 0.29) is 13.0 Å². The molecule has 0 spiro atoms. The molecule has 0 bridgehead atoms. The lowest BCUT2D eigenvalue weighted by molar-refractivity contribution is -0.146. The van der Waals surface area contributed by atoms with E-state index in [9.17, 15) is 9.59 Å². The van der Waals surface area contributed by atoms with Crippen LogP contribution in [0.5, 0.6) is 0 Å². The van der Waals surface area contributed by atoms with Crippen LogP contribution in [-0.4, -0.2) is 23.5 Å². The van der Waals surface area contributed by atoms with E-state index in [0.717, 1.165) is 16.1 Å². The normalized spacial score (nSPS) is 10.4. The van der Waals surface area contributed by atoms with Gasteiger partial charge in [-0.25, -0.2) is 4.98 Å². The second-order valence-corrected chi connectivity index (χ2v) is 7.20. The molecule has 0 saturated heterocycles. The summed E-state index contributed by atoms with van der Waals surface area (Å²) in [6.45, 7) is 1.67. The van der Waals surface area contributed by atoms with Gasteiger partial charge in [-0.1, -0.05) is 35.4 Å². The first kappa shape index (κ1) is 19.1. The van der Waals surface area contributed by atoms with Gasteiger partial charge in [-0.15, -0.1) is 11.3 Å². The lowest BCUT2D eigenvalue weighted by Gasteiger charge is -2.06. The average Bonchev–Trinajstić information content (AvgIpc) is 3.10. The first-order chi connectivity index (χ1) is 13.0. The highest BCUT2D eigenvalue weighted by Crippen LogP contribution is 2.24. The highest BCUT2D eigenvalue weighted by molar-refractivity contribution is 7.13. The fraction of sp³-hybridized carbons (Fsp3) is 0.150. The van der Waals surface area contributed by atoms with Crippen molar-refractivity contribution in [2.45, 2.75) is 13.3 Å². The van der Waals surface area contributed by atoms with E-state index in [1.807, 2.05) is 36.6 Å². The van der Waals surface area contributed by atoms with Crippen molar-refractivity contribution >= 4 is 40.5 Å². The van der Waals surface area contributed by atoms with Crippen LogP contribution < -0.4 is 5.32 Å². The van der Waals surface area contributed by atoms with E-state index < -0.39 is 11.9 Å². The molecule has 27 heavy (non-hydrogen) atoms. The second kappa shape index (κ2) is 8.79. The molecular weight excluding hydrogens is 384 g/mol. The van der Waals surface area contributed by atoms with Crippen molar-refractivity contribution < 1.29 is 14.3 Å². The molecule has 138 valence electrons. The lowest BCUT2D eigenvalue weighted by Crippen LogP contribution is -2.21. The van der Waals surface area contributed by atoms with Crippen LogP contribution >= 0.6 is 22.9 Å². The number of carbonyl (C=O) groups excluding carboxylic acids is 2. The van der Waals surface area contributed by atoms with E-state index >= 15 is 0 Å². The van der Waals surface area contributed by atoms with Crippen LogP contribution in [0.15, 0.2) is 53.9 Å². The third-order valence-corrected chi connectivity index (χ3v) is 4.83. The summed E-state index contributed by atoms with van der Waals surface area (Å²) in [5, 5.41) is 5.88. The largest absolute Gasteiger partial charge is 0.455 e. The molecule has 2 aromatic carbocycles. The van der Waals surface area contributed by atoms with Gasteiger partial charge in [0.05, 0.1) is 12.1 Å². The molecule has 1 amide bonds. The molecule has 1 heterocycles. The standard InChI is InChI=1S/C20H17ClN2O3S/c1-13-3-2-4-14(9-13)20-23-17(12-27-20)10-19(25)26-11-18(24)22-16-7-5-15(21)6-8-16/h2-9,12H,10-11H2,1H3,(H,22,24). The number of amides is 1. The number of hydrogen-bond donors (Lipinski definition) is 1. The van der Waals surface area contributed by atoms with E-state index in [0.29, 0.717) is 16.4 Å². The first-order valence-electron chi connectivity index (χ1n) is 8.22. The van der Waals surface area contributed by atoms with Crippen molar-refractivity contribution in [3.8, 4) is 10.6 Å². The van der Waals surface area contributed by atoms with Crippen molar-refractivity contribution in [2.75, 3.05) is 11.9 Å². The number of carbonyl (C=O) groups is 2. The molecule has 3 aromatic rings. The summed E-state index contributed by atoms with van der Waals surface area (Å²) in [6, 6.07) is 14.7. The molecule has 1 N–H and O–H groups in total. The maximum Gasteiger partial charge on any atom is 0.312 e. The van der Waals surface area contributed by atoms with Crippen molar-refractivity contribution in [1.29, 1.82) is 0 Å². The molecular formula is C20H17ClN2O3S. The molecule has 5 nitrogen and oxygen atoms in total. The van der Waals surface area contributed by atoms with Gasteiger partial charge in [0.1, 0.15) is 5.01 Å². The van der Waals surface area contributed by atoms with Gasteiger partial charge in [0, 0.05) is 21.7 Å². The van der Waals surface area contributed by atoms with Gasteiger partial charge >= 0.3 is 5.97 Å². The first-order valence-corrected chi connectivity index (χ1v) is 9.48. The Morgan fingerprint density at radius 3 is 2.70 bits per heavy atom. The quantitative estimate of drug-likeness (QED) is 0.619. The Bertz CT molecular complexity index is 954. The summed E-state index contributed by atoms with van der Waals surface area (Å²) < 4.78 is 5.03. The summed E-state index contributed by atoms with van der Waals surface area (Å²) in [4.78, 5) is 28.3. The van der Waals surface area contributed by atoms with Gasteiger partial charge in [-0.05, 0) is 37.3 Å². The molecule has 0 fully saturated rings. The fourth-order valence-electron chi connectivity index (χ4n) is 2.37. The van der Waals surface area contributed by atoms with Crippen molar-refractivity contribution in [1.82, 2.24) is 4.98 Å². The van der Waals surface area contributed by atoms with Crippen LogP contribution in [0.3, 0.4) is 0 Å². The van der Waals surface area contributed by atoms with Gasteiger partial charge in [0.2, 0.25) is 0 Å². The predicted octanol–water partition coefficient (Wildman–Crippen LogP) is 4.50. The molecule has 7 heteroatoms. The summed E-state index contributed by atoms with van der Waals surface area (Å²) in [5.74, 6) is -0.910. The molecule has 1 aromatic heterocycles. The number of esters is 1. The van der Waals surface area contributed by atoms with Gasteiger partial charge in [-0.3, -0.25) is 9.59 Å². The third kappa shape index (κ3) is 5.64. The van der Waals surface area contributed by atoms with Crippen molar-refractivity contribution in [2.24, 2.45) is 0 Å². The zero-order chi connectivity index (χ0) is 19.2. The number of hydrogen-bond acceptors (Lipinski definition) is 5. The van der Waals surface area contributed by atoms with Crippen LogP contribution in [0, 0.1) is 6.92 Å². The van der Waals surface area contributed by atoms with E-state index in [4.69, 9.17) is 16.3 Å². The smallest absolute Gasteiger partial charge is 0.312 e. The topological polar surface area (TPSA) is 68.3 Å². The Balaban J connectivity index is 1.49. The van der Waals surface area contributed by atoms with Gasteiger partial charge in [-0.2, -0.15) is 0 Å². The number of benzene rings is 2. The van der Waals surface area contributed by atoms with Crippen LogP contribution in [0.1, 0.15) is 11.3 Å². The number of aryl methyl sites for hydroxylation is 1. The summed E-state index contributed by atoms with van der Waals surface area (Å²) in [6.07, 6.45) is 0.0243. The maximum absolute atomic E-state index is 12.0. The molecule has 0 aliphatic rings. The Kier molecular flexibility index (Phi) is 6.21. The molecule has 0 radical (unpaired) electrons. The van der Waals surface area contributed by atoms with Crippen LogP contribution in [-0.2, 0) is 20.7 Å². The third-order valence-electron chi connectivity index (χ3n) is 3.63. The predicted molar refractivity (Wildman–Crippen MR) is 107 cm³/mol. The van der Waals surface area contributed by atoms with Crippen molar-refractivity contribution in [3.05, 3.63) is 70.2 Å². The summed E-state index contributed by atoms with van der Waals surface area (Å²) in [7, 11) is 0. The number of ether oxygens (including phenoxy) is 1. The van der Waals surface area contributed by atoms with Crippen LogP contribution in [0.4, 0.5) is 5.69 Å². The molecule has 0 aliphatic heterocycles. The number of nitrogens with zero attached hydrogens (tertiary/aromatic N) is 1. The number of aromatic nitrogens is 1. The molecule has 0 unspecified atom stereocenters. The summed E-state index contributed by atoms with van der Waals surface area (Å²) >= 11 is 7.26. The average molecular weight is 401 g/mol. The highest BCUT2D eigenvalue weighted by Gasteiger charge is 2.12. The number of nitrogens with one attached hydrogen (secondary N) is 1. The highest BCUT2D eigenvalue weighted by atomic mass is 35.5. The number of rotatable bonds is 6. The van der Waals surface area contributed by atoms with E-state index in [1.54, 1.807) is 24.3 Å². The lowest BCUT2D eigenvalue weighted by atomic mass is 10.1. The van der Waals surface area contributed by atoms with Crippen molar-refractivity contribution in [3.63, 3.8) is 0 Å². The fourth-order valence-corrected chi connectivity index (χ4v) is 3.32. The Morgan fingerprint density at radius 1 is 1.19 bits per heavy atom. The van der Waals surface area contributed by atoms with Gasteiger partial charge in [0.25, 0.3) is 5.91 Å². The molecule has 0 saturated carbocycles. The van der Waals surface area contributed by atoms with E-state index in [1.165, 1.54) is 11.3 Å². The zero-order valence-electron chi connectivity index (χ0n) is 14.6. The zero-order valence-corrected chi connectivity index (χ0v) is 16.1. The number of halogens is 1. The minimum absolute atomic E-state index is 0.0243. The van der Waals surface area contributed by atoms with Gasteiger partial charge in [0.15, 0.2) is 6.61 Å². The van der Waals surface area contributed by atoms with E-state index in [2.05, 4.69) is 10.3 Å². The number of anilines is 1. The minimum atomic E-state index is -0.498. The van der Waals surface area contributed by atoms with Crippen LogP contribution in [0.25, 0.3) is 10.6 Å². The Hall–Kier alpha value is -2.70. The number of thiazole rings is 1. The summed E-state index contributed by atoms with van der Waals surface area (Å²) in [5.41, 5.74) is 3.37.